The van der Waals surface area contributed by atoms with Gasteiger partial charge in [0.25, 0.3) is 0 Å². The lowest BCUT2D eigenvalue weighted by atomic mass is 10.3. The molecule has 0 radical (unpaired) electrons. The molecule has 1 rings (SSSR count). The largest absolute Gasteiger partial charge is 0.463 e. The lowest BCUT2D eigenvalue weighted by Crippen LogP contribution is -2.01. The molecule has 0 N–H and O–H groups in total. The van der Waals surface area contributed by atoms with Crippen molar-refractivity contribution >= 4 is 23.6 Å². The van der Waals surface area contributed by atoms with Gasteiger partial charge in [0, 0.05) is 12.3 Å². The highest BCUT2D eigenvalue weighted by atomic mass is 35.5. The lowest BCUT2D eigenvalue weighted by molar-refractivity contribution is -0.137. The maximum atomic E-state index is 11.2. The van der Waals surface area contributed by atoms with Crippen LogP contribution in [0.5, 0.6) is 0 Å². The van der Waals surface area contributed by atoms with Gasteiger partial charge < -0.3 is 4.74 Å². The maximum Gasteiger partial charge on any atom is 0.330 e. The van der Waals surface area contributed by atoms with E-state index < -0.39 is 0 Å². The van der Waals surface area contributed by atoms with Crippen LogP contribution < -0.4 is 0 Å². The van der Waals surface area contributed by atoms with Crippen molar-refractivity contribution in [3.63, 3.8) is 0 Å². The summed E-state index contributed by atoms with van der Waals surface area (Å²) in [5, 5.41) is 0.572. The fourth-order valence-electron chi connectivity index (χ4n) is 1.00. The number of carbonyl (C=O) groups excluding carboxylic acids is 1. The summed E-state index contributed by atoms with van der Waals surface area (Å²) in [7, 11) is 0. The summed E-state index contributed by atoms with van der Waals surface area (Å²) in [5.74, 6) is -0.342. The summed E-state index contributed by atoms with van der Waals surface area (Å²) in [4.78, 5) is 15.2. The molecule has 0 amide bonds. The molecule has 86 valence electrons. The van der Waals surface area contributed by atoms with Crippen molar-refractivity contribution in [2.45, 2.75) is 19.8 Å². The molecule has 0 aliphatic heterocycles. The average molecular weight is 240 g/mol. The van der Waals surface area contributed by atoms with Gasteiger partial charge in [-0.3, -0.25) is 4.98 Å². The second-order valence-corrected chi connectivity index (χ2v) is 3.69. The van der Waals surface area contributed by atoms with Gasteiger partial charge in [-0.05, 0) is 24.6 Å². The number of unbranched alkanes of at least 4 members (excludes halogenated alkanes) is 1. The Morgan fingerprint density at radius 1 is 1.56 bits per heavy atom. The van der Waals surface area contributed by atoms with E-state index in [0.29, 0.717) is 17.3 Å². The average Bonchev–Trinajstić information content (AvgIpc) is 2.29. The topological polar surface area (TPSA) is 39.2 Å². The van der Waals surface area contributed by atoms with E-state index in [1.807, 2.05) is 6.92 Å². The molecule has 0 atom stereocenters. The van der Waals surface area contributed by atoms with Crippen LogP contribution in [0, 0.1) is 0 Å². The fourth-order valence-corrected chi connectivity index (χ4v) is 1.12. The molecule has 0 aliphatic rings. The quantitative estimate of drug-likeness (QED) is 0.450. The van der Waals surface area contributed by atoms with Crippen LogP contribution in [0.1, 0.15) is 25.5 Å². The molecule has 3 nitrogen and oxygen atoms in total. The van der Waals surface area contributed by atoms with Crippen molar-refractivity contribution in [3.05, 3.63) is 35.1 Å². The van der Waals surface area contributed by atoms with Crippen molar-refractivity contribution in [1.82, 2.24) is 4.98 Å². The Hall–Kier alpha value is -1.35. The smallest absolute Gasteiger partial charge is 0.330 e. The van der Waals surface area contributed by atoms with Gasteiger partial charge in [-0.15, -0.1) is 0 Å². The van der Waals surface area contributed by atoms with E-state index in [4.69, 9.17) is 16.3 Å². The molecule has 0 unspecified atom stereocenters. The van der Waals surface area contributed by atoms with E-state index in [2.05, 4.69) is 4.98 Å². The number of ether oxygens (including phenoxy) is 1. The third-order valence-electron chi connectivity index (χ3n) is 1.88. The van der Waals surface area contributed by atoms with E-state index in [1.54, 1.807) is 18.2 Å². The fraction of sp³-hybridized carbons (Fsp3) is 0.333. The maximum absolute atomic E-state index is 11.2. The van der Waals surface area contributed by atoms with Crippen molar-refractivity contribution < 1.29 is 9.53 Å². The molecule has 0 spiro atoms. The van der Waals surface area contributed by atoms with Gasteiger partial charge in [0.2, 0.25) is 0 Å². The number of aromatic nitrogens is 1. The molecule has 4 heteroatoms. The number of carbonyl (C=O) groups is 1. The first-order valence-electron chi connectivity index (χ1n) is 5.18. The number of hydrogen-bond donors (Lipinski definition) is 0. The molecule has 16 heavy (non-hydrogen) atoms. The second kappa shape index (κ2) is 7.01. The van der Waals surface area contributed by atoms with Crippen molar-refractivity contribution in [1.29, 1.82) is 0 Å². The van der Waals surface area contributed by atoms with Crippen LogP contribution in [0.15, 0.2) is 24.4 Å². The van der Waals surface area contributed by atoms with Crippen LogP contribution in [0.2, 0.25) is 5.02 Å². The van der Waals surface area contributed by atoms with Gasteiger partial charge in [-0.25, -0.2) is 4.79 Å². The molecule has 0 bridgehead atoms. The highest BCUT2D eigenvalue weighted by Gasteiger charge is 1.96. The number of hydrogen-bond acceptors (Lipinski definition) is 3. The zero-order valence-electron chi connectivity index (χ0n) is 9.15. The third-order valence-corrected chi connectivity index (χ3v) is 2.11. The summed E-state index contributed by atoms with van der Waals surface area (Å²) < 4.78 is 4.95. The van der Waals surface area contributed by atoms with Crippen LogP contribution >= 0.6 is 11.6 Å². The first-order valence-corrected chi connectivity index (χ1v) is 5.56. The van der Waals surface area contributed by atoms with E-state index in [-0.39, 0.29) is 5.97 Å². The predicted octanol–water partition coefficient (Wildman–Crippen LogP) is 3.09. The molecule has 0 saturated heterocycles. The zero-order valence-corrected chi connectivity index (χ0v) is 9.91. The summed E-state index contributed by atoms with van der Waals surface area (Å²) >= 11 is 5.68. The van der Waals surface area contributed by atoms with Crippen LogP contribution in [-0.2, 0) is 9.53 Å². The molecule has 0 saturated carbocycles. The summed E-state index contributed by atoms with van der Waals surface area (Å²) in [6.45, 7) is 2.51. The Morgan fingerprint density at radius 3 is 3.00 bits per heavy atom. The normalized spacial score (nSPS) is 10.6. The van der Waals surface area contributed by atoms with Gasteiger partial charge in [0.1, 0.15) is 0 Å². The molecule has 1 heterocycles. The number of pyridine rings is 1. The highest BCUT2D eigenvalue weighted by Crippen LogP contribution is 2.07. The van der Waals surface area contributed by atoms with Crippen LogP contribution in [0.25, 0.3) is 6.08 Å². The van der Waals surface area contributed by atoms with Gasteiger partial charge >= 0.3 is 5.97 Å². The Balaban J connectivity index is 2.41. The standard InChI is InChI=1S/C12H14ClNO2/c1-2-3-8-16-12(15)7-6-11-5-4-10(13)9-14-11/h4-7,9H,2-3,8H2,1H3/b7-6+. The minimum absolute atomic E-state index is 0.342. The first-order chi connectivity index (χ1) is 7.72. The van der Waals surface area contributed by atoms with Crippen molar-refractivity contribution in [2.75, 3.05) is 6.61 Å². The van der Waals surface area contributed by atoms with Gasteiger partial charge in [0.15, 0.2) is 0 Å². The SMILES string of the molecule is CCCCOC(=O)/C=C/c1ccc(Cl)cn1. The Morgan fingerprint density at radius 2 is 2.38 bits per heavy atom. The number of nitrogens with zero attached hydrogens (tertiary/aromatic N) is 1. The molecule has 1 aromatic heterocycles. The Bertz CT molecular complexity index is 360. The van der Waals surface area contributed by atoms with E-state index in [9.17, 15) is 4.79 Å². The molecular weight excluding hydrogens is 226 g/mol. The second-order valence-electron chi connectivity index (χ2n) is 3.26. The van der Waals surface area contributed by atoms with Gasteiger partial charge in [-0.2, -0.15) is 0 Å². The summed E-state index contributed by atoms with van der Waals surface area (Å²) in [6, 6.07) is 3.45. The molecule has 0 aromatic carbocycles. The molecular formula is C12H14ClNO2. The van der Waals surface area contributed by atoms with Crippen molar-refractivity contribution in [3.8, 4) is 0 Å². The molecule has 0 aliphatic carbocycles. The highest BCUT2D eigenvalue weighted by molar-refractivity contribution is 6.30. The molecule has 1 aromatic rings. The van der Waals surface area contributed by atoms with E-state index in [0.717, 1.165) is 12.8 Å². The van der Waals surface area contributed by atoms with Gasteiger partial charge in [-0.1, -0.05) is 24.9 Å². The van der Waals surface area contributed by atoms with Crippen LogP contribution in [0.3, 0.4) is 0 Å². The lowest BCUT2D eigenvalue weighted by Gasteiger charge is -1.98. The number of esters is 1. The first kappa shape index (κ1) is 12.7. The summed E-state index contributed by atoms with van der Waals surface area (Å²) in [6.07, 6.45) is 6.40. The van der Waals surface area contributed by atoms with Crippen LogP contribution in [-0.4, -0.2) is 17.6 Å². The third kappa shape index (κ3) is 4.94. The number of rotatable bonds is 5. The molecule has 0 fully saturated rings. The van der Waals surface area contributed by atoms with Crippen molar-refractivity contribution in [2.24, 2.45) is 0 Å². The predicted molar refractivity (Wildman–Crippen MR) is 64.1 cm³/mol. The summed E-state index contributed by atoms with van der Waals surface area (Å²) in [5.41, 5.74) is 0.678. The number of halogens is 1. The monoisotopic (exact) mass is 239 g/mol. The van der Waals surface area contributed by atoms with E-state index in [1.165, 1.54) is 12.3 Å². The Labute approximate surface area is 100 Å². The minimum Gasteiger partial charge on any atom is -0.463 e. The van der Waals surface area contributed by atoms with Gasteiger partial charge in [0.05, 0.1) is 17.3 Å². The zero-order chi connectivity index (χ0) is 11.8. The van der Waals surface area contributed by atoms with E-state index >= 15 is 0 Å². The Kier molecular flexibility index (Phi) is 5.57. The van der Waals surface area contributed by atoms with Crippen LogP contribution in [0.4, 0.5) is 0 Å². The minimum atomic E-state index is -0.342.